The number of carbonyl (C=O) groups is 1. The van der Waals surface area contributed by atoms with Crippen molar-refractivity contribution >= 4 is 29.0 Å². The zero-order chi connectivity index (χ0) is 14.5. The number of ether oxygens (including phenoxy) is 1. The van der Waals surface area contributed by atoms with Gasteiger partial charge in [0.2, 0.25) is 0 Å². The van der Waals surface area contributed by atoms with E-state index in [4.69, 9.17) is 16.3 Å². The molecule has 0 aromatic heterocycles. The summed E-state index contributed by atoms with van der Waals surface area (Å²) in [6.45, 7) is 0. The first-order chi connectivity index (χ1) is 9.60. The Morgan fingerprint density at radius 2 is 1.85 bits per heavy atom. The lowest BCUT2D eigenvalue weighted by molar-refractivity contribution is 0.262. The predicted molar refractivity (Wildman–Crippen MR) is 77.0 cm³/mol. The zero-order valence-corrected chi connectivity index (χ0v) is 11.4. The van der Waals surface area contributed by atoms with Gasteiger partial charge in [-0.1, -0.05) is 17.7 Å². The Hall–Kier alpha value is -2.27. The third-order valence-electron chi connectivity index (χ3n) is 2.55. The van der Waals surface area contributed by atoms with Crippen molar-refractivity contribution in [3.63, 3.8) is 0 Å². The van der Waals surface area contributed by atoms with E-state index in [9.17, 15) is 9.18 Å². The van der Waals surface area contributed by atoms with Crippen molar-refractivity contribution in [1.82, 2.24) is 0 Å². The molecule has 20 heavy (non-hydrogen) atoms. The molecule has 2 amide bonds. The summed E-state index contributed by atoms with van der Waals surface area (Å²) >= 11 is 5.82. The summed E-state index contributed by atoms with van der Waals surface area (Å²) in [5.74, 6) is 0.0792. The fraction of sp³-hybridized carbons (Fsp3) is 0.0714. The first-order valence-corrected chi connectivity index (χ1v) is 6.14. The van der Waals surface area contributed by atoms with Crippen molar-refractivity contribution in [2.24, 2.45) is 0 Å². The quantitative estimate of drug-likeness (QED) is 0.894. The smallest absolute Gasteiger partial charge is 0.323 e. The van der Waals surface area contributed by atoms with Crippen LogP contribution in [0.2, 0.25) is 5.02 Å². The standard InChI is InChI=1S/C14H12ClFN2O2/c1-20-10-7-5-9(6-8-10)17-14(19)18-13-11(15)3-2-4-12(13)16/h2-8H,1H3,(H2,17,18,19). The van der Waals surface area contributed by atoms with Gasteiger partial charge in [0, 0.05) is 5.69 Å². The van der Waals surface area contributed by atoms with Gasteiger partial charge in [-0.25, -0.2) is 9.18 Å². The van der Waals surface area contributed by atoms with Crippen LogP contribution < -0.4 is 15.4 Å². The van der Waals surface area contributed by atoms with Crippen LogP contribution in [0.3, 0.4) is 0 Å². The van der Waals surface area contributed by atoms with Gasteiger partial charge in [-0.05, 0) is 36.4 Å². The van der Waals surface area contributed by atoms with Crippen molar-refractivity contribution in [3.8, 4) is 5.75 Å². The molecule has 0 aliphatic carbocycles. The van der Waals surface area contributed by atoms with E-state index in [1.165, 1.54) is 18.2 Å². The van der Waals surface area contributed by atoms with Crippen molar-refractivity contribution in [2.75, 3.05) is 17.7 Å². The number of methoxy groups -OCH3 is 1. The highest BCUT2D eigenvalue weighted by Crippen LogP contribution is 2.24. The monoisotopic (exact) mass is 294 g/mol. The molecule has 0 aliphatic heterocycles. The molecule has 0 spiro atoms. The van der Waals surface area contributed by atoms with Crippen LogP contribution in [0.1, 0.15) is 0 Å². The van der Waals surface area contributed by atoms with Gasteiger partial charge in [-0.2, -0.15) is 0 Å². The van der Waals surface area contributed by atoms with Gasteiger partial charge in [0.25, 0.3) is 0 Å². The molecule has 104 valence electrons. The third-order valence-corrected chi connectivity index (χ3v) is 2.86. The van der Waals surface area contributed by atoms with E-state index in [1.807, 2.05) is 0 Å². The van der Waals surface area contributed by atoms with Gasteiger partial charge < -0.3 is 15.4 Å². The molecule has 2 aromatic carbocycles. The molecule has 0 radical (unpaired) electrons. The summed E-state index contributed by atoms with van der Waals surface area (Å²) in [5.41, 5.74) is 0.496. The molecule has 0 bridgehead atoms. The first kappa shape index (κ1) is 14.1. The molecule has 0 aliphatic rings. The maximum Gasteiger partial charge on any atom is 0.323 e. The molecule has 0 unspecified atom stereocenters. The largest absolute Gasteiger partial charge is 0.497 e. The highest BCUT2D eigenvalue weighted by molar-refractivity contribution is 6.33. The third kappa shape index (κ3) is 3.39. The Morgan fingerprint density at radius 3 is 2.45 bits per heavy atom. The summed E-state index contributed by atoms with van der Waals surface area (Å²) in [7, 11) is 1.55. The van der Waals surface area contributed by atoms with Gasteiger partial charge in [-0.3, -0.25) is 0 Å². The Labute approximate surface area is 120 Å². The van der Waals surface area contributed by atoms with Crippen LogP contribution in [-0.4, -0.2) is 13.1 Å². The van der Waals surface area contributed by atoms with E-state index >= 15 is 0 Å². The summed E-state index contributed by atoms with van der Waals surface area (Å²) in [4.78, 5) is 11.8. The number of rotatable bonds is 3. The number of halogens is 2. The number of anilines is 2. The average molecular weight is 295 g/mol. The number of urea groups is 1. The summed E-state index contributed by atoms with van der Waals surface area (Å²) in [6.07, 6.45) is 0. The maximum atomic E-state index is 13.5. The number of para-hydroxylation sites is 1. The molecule has 0 saturated heterocycles. The van der Waals surface area contributed by atoms with Crippen LogP contribution in [0.5, 0.6) is 5.75 Å². The Balaban J connectivity index is 2.05. The van der Waals surface area contributed by atoms with Crippen molar-refractivity contribution in [2.45, 2.75) is 0 Å². The molecule has 0 atom stereocenters. The second-order valence-electron chi connectivity index (χ2n) is 3.90. The van der Waals surface area contributed by atoms with Gasteiger partial charge in [0.05, 0.1) is 17.8 Å². The van der Waals surface area contributed by atoms with E-state index in [0.717, 1.165) is 0 Å². The summed E-state index contributed by atoms with van der Waals surface area (Å²) < 4.78 is 18.5. The Bertz CT molecular complexity index is 597. The minimum Gasteiger partial charge on any atom is -0.497 e. The minimum absolute atomic E-state index is 0.0554. The molecular formula is C14H12ClFN2O2. The molecule has 2 rings (SSSR count). The lowest BCUT2D eigenvalue weighted by atomic mass is 10.3. The van der Waals surface area contributed by atoms with Gasteiger partial charge >= 0.3 is 6.03 Å². The zero-order valence-electron chi connectivity index (χ0n) is 10.6. The number of amides is 2. The van der Waals surface area contributed by atoms with Crippen LogP contribution in [-0.2, 0) is 0 Å². The van der Waals surface area contributed by atoms with Gasteiger partial charge in [-0.15, -0.1) is 0 Å². The molecule has 2 aromatic rings. The Morgan fingerprint density at radius 1 is 1.15 bits per heavy atom. The minimum atomic E-state index is -0.595. The van der Waals surface area contributed by atoms with Crippen molar-refractivity contribution in [1.29, 1.82) is 0 Å². The lowest BCUT2D eigenvalue weighted by Crippen LogP contribution is -2.20. The van der Waals surface area contributed by atoms with Gasteiger partial charge in [0.1, 0.15) is 11.6 Å². The second kappa shape index (κ2) is 6.25. The lowest BCUT2D eigenvalue weighted by Gasteiger charge is -2.10. The molecule has 0 heterocycles. The Kier molecular flexibility index (Phi) is 4.42. The van der Waals surface area contributed by atoms with E-state index in [-0.39, 0.29) is 10.7 Å². The van der Waals surface area contributed by atoms with Crippen molar-refractivity contribution in [3.05, 3.63) is 53.3 Å². The number of benzene rings is 2. The highest BCUT2D eigenvalue weighted by atomic mass is 35.5. The van der Waals surface area contributed by atoms with Crippen LogP contribution >= 0.6 is 11.6 Å². The van der Waals surface area contributed by atoms with Crippen LogP contribution in [0.25, 0.3) is 0 Å². The van der Waals surface area contributed by atoms with E-state index in [2.05, 4.69) is 10.6 Å². The average Bonchev–Trinajstić information content (AvgIpc) is 2.44. The number of nitrogens with one attached hydrogen (secondary N) is 2. The topological polar surface area (TPSA) is 50.4 Å². The predicted octanol–water partition coefficient (Wildman–Crippen LogP) is 4.13. The maximum absolute atomic E-state index is 13.5. The van der Waals surface area contributed by atoms with Crippen LogP contribution in [0.15, 0.2) is 42.5 Å². The first-order valence-electron chi connectivity index (χ1n) is 5.76. The SMILES string of the molecule is COc1ccc(NC(=O)Nc2c(F)cccc2Cl)cc1. The number of hydrogen-bond acceptors (Lipinski definition) is 2. The van der Waals surface area contributed by atoms with Crippen LogP contribution in [0.4, 0.5) is 20.6 Å². The number of carbonyl (C=O) groups excluding carboxylic acids is 1. The second-order valence-corrected chi connectivity index (χ2v) is 4.31. The van der Waals surface area contributed by atoms with E-state index in [0.29, 0.717) is 11.4 Å². The molecule has 2 N–H and O–H groups in total. The molecule has 0 fully saturated rings. The fourth-order valence-corrected chi connectivity index (χ4v) is 1.78. The van der Waals surface area contributed by atoms with E-state index < -0.39 is 11.8 Å². The summed E-state index contributed by atoms with van der Waals surface area (Å²) in [6, 6.07) is 10.3. The molecule has 0 saturated carbocycles. The molecule has 6 heteroatoms. The van der Waals surface area contributed by atoms with Gasteiger partial charge in [0.15, 0.2) is 0 Å². The number of hydrogen-bond donors (Lipinski definition) is 2. The highest BCUT2D eigenvalue weighted by Gasteiger charge is 2.10. The summed E-state index contributed by atoms with van der Waals surface area (Å²) in [5, 5.41) is 5.07. The van der Waals surface area contributed by atoms with Crippen LogP contribution in [0, 0.1) is 5.82 Å². The molecule has 4 nitrogen and oxygen atoms in total. The molecular weight excluding hydrogens is 283 g/mol. The fourth-order valence-electron chi connectivity index (χ4n) is 1.57. The van der Waals surface area contributed by atoms with E-state index in [1.54, 1.807) is 31.4 Å². The normalized spacial score (nSPS) is 9.95. The van der Waals surface area contributed by atoms with Crippen molar-refractivity contribution < 1.29 is 13.9 Å².